The van der Waals surface area contributed by atoms with Crippen LogP contribution in [-0.2, 0) is 4.79 Å². The Labute approximate surface area is 145 Å². The van der Waals surface area contributed by atoms with Gasteiger partial charge in [-0.15, -0.1) is 0 Å². The number of rotatable bonds is 4. The lowest BCUT2D eigenvalue weighted by Crippen LogP contribution is -2.43. The topological polar surface area (TPSA) is 72.8 Å². The number of phenolic OH excluding ortho intramolecular Hbond substituents is 1. The van der Waals surface area contributed by atoms with Crippen molar-refractivity contribution in [2.75, 3.05) is 18.4 Å². The zero-order valence-electron chi connectivity index (χ0n) is 13.7. The first-order valence-electron chi connectivity index (χ1n) is 8.31. The molecule has 1 atom stereocenters. The van der Waals surface area contributed by atoms with Crippen LogP contribution in [0, 0.1) is 5.82 Å². The maximum atomic E-state index is 13.4. The number of phenols is 1. The van der Waals surface area contributed by atoms with Crippen molar-refractivity contribution < 1.29 is 19.4 Å². The molecule has 3 rings (SSSR count). The van der Waals surface area contributed by atoms with Crippen molar-refractivity contribution in [1.82, 2.24) is 4.90 Å². The van der Waals surface area contributed by atoms with Crippen molar-refractivity contribution in [2.24, 2.45) is 0 Å². The largest absolute Gasteiger partial charge is 0.506 e. The van der Waals surface area contributed by atoms with Crippen LogP contribution in [0.25, 0.3) is 0 Å². The summed E-state index contributed by atoms with van der Waals surface area (Å²) in [6.07, 6.45) is 0.854. The number of carbonyl (C=O) groups excluding carboxylic acids is 1. The SMILES string of the molecule is O=C(Nc1cc(F)ccc1O)C(c1ccccc1)N1CCC(O)CC1. The number of carbonyl (C=O) groups is 1. The van der Waals surface area contributed by atoms with Crippen molar-refractivity contribution in [3.05, 3.63) is 59.9 Å². The number of nitrogens with one attached hydrogen (secondary N) is 1. The summed E-state index contributed by atoms with van der Waals surface area (Å²) in [4.78, 5) is 14.9. The molecule has 1 heterocycles. The van der Waals surface area contributed by atoms with Crippen LogP contribution in [0.3, 0.4) is 0 Å². The number of amides is 1. The van der Waals surface area contributed by atoms with Gasteiger partial charge in [0.15, 0.2) is 0 Å². The molecule has 0 aromatic heterocycles. The third-order valence-corrected chi connectivity index (χ3v) is 4.44. The highest BCUT2D eigenvalue weighted by atomic mass is 19.1. The van der Waals surface area contributed by atoms with Crippen LogP contribution in [-0.4, -0.2) is 40.2 Å². The minimum absolute atomic E-state index is 0.0444. The highest BCUT2D eigenvalue weighted by Gasteiger charge is 2.31. The predicted molar refractivity (Wildman–Crippen MR) is 92.7 cm³/mol. The van der Waals surface area contributed by atoms with Crippen molar-refractivity contribution in [3.8, 4) is 5.75 Å². The van der Waals surface area contributed by atoms with E-state index in [0.29, 0.717) is 25.9 Å². The molecule has 3 N–H and O–H groups in total. The number of aromatic hydroxyl groups is 1. The van der Waals surface area contributed by atoms with E-state index in [-0.39, 0.29) is 23.4 Å². The molecule has 2 aromatic carbocycles. The molecule has 25 heavy (non-hydrogen) atoms. The maximum Gasteiger partial charge on any atom is 0.246 e. The monoisotopic (exact) mass is 344 g/mol. The smallest absolute Gasteiger partial charge is 0.246 e. The van der Waals surface area contributed by atoms with Crippen LogP contribution >= 0.6 is 0 Å². The van der Waals surface area contributed by atoms with Gasteiger partial charge in [0.25, 0.3) is 0 Å². The number of benzene rings is 2. The third kappa shape index (κ3) is 4.15. The lowest BCUT2D eigenvalue weighted by molar-refractivity contribution is -0.122. The highest BCUT2D eigenvalue weighted by molar-refractivity contribution is 5.96. The first kappa shape index (κ1) is 17.4. The minimum atomic E-state index is -0.573. The molecule has 2 aromatic rings. The van der Waals surface area contributed by atoms with Crippen molar-refractivity contribution in [2.45, 2.75) is 25.0 Å². The van der Waals surface area contributed by atoms with Crippen molar-refractivity contribution in [3.63, 3.8) is 0 Å². The number of nitrogens with zero attached hydrogens (tertiary/aromatic N) is 1. The zero-order chi connectivity index (χ0) is 17.8. The van der Waals surface area contributed by atoms with Gasteiger partial charge in [-0.1, -0.05) is 30.3 Å². The summed E-state index contributed by atoms with van der Waals surface area (Å²) in [6.45, 7) is 1.17. The Morgan fingerprint density at radius 1 is 1.16 bits per heavy atom. The van der Waals surface area contributed by atoms with Crippen LogP contribution < -0.4 is 5.32 Å². The molecule has 0 saturated carbocycles. The number of halogens is 1. The highest BCUT2D eigenvalue weighted by Crippen LogP contribution is 2.29. The van der Waals surface area contributed by atoms with E-state index in [1.165, 1.54) is 6.07 Å². The van der Waals surface area contributed by atoms with E-state index < -0.39 is 11.9 Å². The van der Waals surface area contributed by atoms with Gasteiger partial charge in [-0.25, -0.2) is 4.39 Å². The van der Waals surface area contributed by atoms with Gasteiger partial charge < -0.3 is 15.5 Å². The lowest BCUT2D eigenvalue weighted by Gasteiger charge is -2.35. The minimum Gasteiger partial charge on any atom is -0.506 e. The Bertz CT molecular complexity index is 731. The molecule has 1 aliphatic heterocycles. The number of hydrogen-bond acceptors (Lipinski definition) is 4. The molecule has 1 unspecified atom stereocenters. The van der Waals surface area contributed by atoms with Crippen LogP contribution in [0.5, 0.6) is 5.75 Å². The van der Waals surface area contributed by atoms with E-state index in [9.17, 15) is 19.4 Å². The van der Waals surface area contributed by atoms with Gasteiger partial charge in [0, 0.05) is 19.2 Å². The fourth-order valence-corrected chi connectivity index (χ4v) is 3.12. The Morgan fingerprint density at radius 3 is 2.52 bits per heavy atom. The fraction of sp³-hybridized carbons (Fsp3) is 0.316. The van der Waals surface area contributed by atoms with E-state index >= 15 is 0 Å². The van der Waals surface area contributed by atoms with Gasteiger partial charge in [0.05, 0.1) is 11.8 Å². The second-order valence-corrected chi connectivity index (χ2v) is 6.23. The molecule has 1 fully saturated rings. The first-order chi connectivity index (χ1) is 12.0. The molecule has 1 aliphatic rings. The first-order valence-corrected chi connectivity index (χ1v) is 8.31. The van der Waals surface area contributed by atoms with Crippen molar-refractivity contribution in [1.29, 1.82) is 0 Å². The molecular formula is C19H21FN2O3. The summed E-state index contributed by atoms with van der Waals surface area (Å²) in [7, 11) is 0. The maximum absolute atomic E-state index is 13.4. The molecule has 0 bridgehead atoms. The number of aliphatic hydroxyl groups excluding tert-OH is 1. The van der Waals surface area contributed by atoms with E-state index in [1.807, 2.05) is 35.2 Å². The van der Waals surface area contributed by atoms with Gasteiger partial charge in [0.2, 0.25) is 5.91 Å². The molecule has 0 aliphatic carbocycles. The Morgan fingerprint density at radius 2 is 1.84 bits per heavy atom. The fourth-order valence-electron chi connectivity index (χ4n) is 3.12. The van der Waals surface area contributed by atoms with Gasteiger partial charge in [0.1, 0.15) is 17.6 Å². The van der Waals surface area contributed by atoms with E-state index in [4.69, 9.17) is 0 Å². The second-order valence-electron chi connectivity index (χ2n) is 6.23. The number of piperidine rings is 1. The number of aliphatic hydroxyl groups is 1. The predicted octanol–water partition coefficient (Wildman–Crippen LogP) is 2.67. The van der Waals surface area contributed by atoms with Gasteiger partial charge in [-0.05, 0) is 30.5 Å². The van der Waals surface area contributed by atoms with Gasteiger partial charge in [-0.3, -0.25) is 9.69 Å². The average molecular weight is 344 g/mol. The molecule has 1 saturated heterocycles. The summed E-state index contributed by atoms with van der Waals surface area (Å²) < 4.78 is 13.4. The number of hydrogen-bond donors (Lipinski definition) is 3. The van der Waals surface area contributed by atoms with Crippen LogP contribution in [0.15, 0.2) is 48.5 Å². The van der Waals surface area contributed by atoms with Gasteiger partial charge in [-0.2, -0.15) is 0 Å². The molecule has 6 heteroatoms. The zero-order valence-corrected chi connectivity index (χ0v) is 13.7. The molecule has 0 radical (unpaired) electrons. The Balaban J connectivity index is 1.86. The summed E-state index contributed by atoms with van der Waals surface area (Å²) in [5.41, 5.74) is 0.857. The second kappa shape index (κ2) is 7.63. The normalized spacial score (nSPS) is 17.2. The molecule has 1 amide bonds. The lowest BCUT2D eigenvalue weighted by atomic mass is 9.99. The average Bonchev–Trinajstić information content (AvgIpc) is 2.61. The quantitative estimate of drug-likeness (QED) is 0.746. The third-order valence-electron chi connectivity index (χ3n) is 4.44. The molecule has 0 spiro atoms. The molecule has 5 nitrogen and oxygen atoms in total. The summed E-state index contributed by atoms with van der Waals surface area (Å²) in [5.74, 6) is -1.07. The van der Waals surface area contributed by atoms with Crippen LogP contribution in [0.2, 0.25) is 0 Å². The standard InChI is InChI=1S/C19H21FN2O3/c20-14-6-7-17(24)16(12-14)21-19(25)18(13-4-2-1-3-5-13)22-10-8-15(23)9-11-22/h1-7,12,15,18,23-24H,8-11H2,(H,21,25). The summed E-state index contributed by atoms with van der Waals surface area (Å²) >= 11 is 0. The molecular weight excluding hydrogens is 323 g/mol. The molecule has 132 valence electrons. The van der Waals surface area contributed by atoms with E-state index in [0.717, 1.165) is 17.7 Å². The van der Waals surface area contributed by atoms with Crippen molar-refractivity contribution >= 4 is 11.6 Å². The summed E-state index contributed by atoms with van der Waals surface area (Å²) in [6, 6.07) is 12.2. The number of anilines is 1. The number of likely N-dealkylation sites (tertiary alicyclic amines) is 1. The van der Waals surface area contributed by atoms with E-state index in [1.54, 1.807) is 0 Å². The van der Waals surface area contributed by atoms with Crippen LogP contribution in [0.1, 0.15) is 24.4 Å². The van der Waals surface area contributed by atoms with Crippen LogP contribution in [0.4, 0.5) is 10.1 Å². The Kier molecular flexibility index (Phi) is 5.31. The summed E-state index contributed by atoms with van der Waals surface area (Å²) in [5, 5.41) is 22.2. The Hall–Kier alpha value is -2.44. The van der Waals surface area contributed by atoms with Gasteiger partial charge >= 0.3 is 0 Å². The van der Waals surface area contributed by atoms with E-state index in [2.05, 4.69) is 5.32 Å².